The standard InChI is InChI=1S/C23H40N2O/c24-23(26)19-15-13-11-9-7-5-3-1-2-4-6-8-10-12-14-17-22-18-16-20-25-21-22/h16,18,20-21H,1-15,17,19H2,(H2,24,26). The molecule has 1 aromatic heterocycles. The van der Waals surface area contributed by atoms with Gasteiger partial charge in [-0.25, -0.2) is 0 Å². The van der Waals surface area contributed by atoms with E-state index in [0.29, 0.717) is 6.42 Å². The highest BCUT2D eigenvalue weighted by Crippen LogP contribution is 2.14. The third-order valence-corrected chi connectivity index (χ3v) is 5.11. The lowest BCUT2D eigenvalue weighted by Gasteiger charge is -2.04. The molecule has 26 heavy (non-hydrogen) atoms. The number of nitrogens with zero attached hydrogens (tertiary/aromatic N) is 1. The first-order valence-electron chi connectivity index (χ1n) is 11.0. The lowest BCUT2D eigenvalue weighted by atomic mass is 10.0. The van der Waals surface area contributed by atoms with Crippen LogP contribution in [-0.4, -0.2) is 10.9 Å². The number of carbonyl (C=O) groups is 1. The Morgan fingerprint density at radius 3 is 1.62 bits per heavy atom. The molecule has 0 radical (unpaired) electrons. The predicted molar refractivity (Wildman–Crippen MR) is 111 cm³/mol. The fraction of sp³-hybridized carbons (Fsp3) is 0.739. The third-order valence-electron chi connectivity index (χ3n) is 5.11. The fourth-order valence-electron chi connectivity index (χ4n) is 3.47. The summed E-state index contributed by atoms with van der Waals surface area (Å²) in [5, 5.41) is 0. The Kier molecular flexibility index (Phi) is 14.9. The zero-order valence-electron chi connectivity index (χ0n) is 16.8. The van der Waals surface area contributed by atoms with Crippen LogP contribution in [0.2, 0.25) is 0 Å². The maximum absolute atomic E-state index is 10.6. The molecule has 0 saturated heterocycles. The minimum atomic E-state index is -0.158. The zero-order valence-corrected chi connectivity index (χ0v) is 16.8. The van der Waals surface area contributed by atoms with E-state index in [1.807, 2.05) is 18.5 Å². The number of hydrogen-bond donors (Lipinski definition) is 1. The van der Waals surface area contributed by atoms with Gasteiger partial charge in [0.05, 0.1) is 0 Å². The molecule has 2 N–H and O–H groups in total. The largest absolute Gasteiger partial charge is 0.370 e. The van der Waals surface area contributed by atoms with Crippen LogP contribution in [0.1, 0.15) is 108 Å². The third kappa shape index (κ3) is 14.9. The van der Waals surface area contributed by atoms with Gasteiger partial charge in [0.25, 0.3) is 0 Å². The minimum Gasteiger partial charge on any atom is -0.370 e. The molecule has 3 nitrogen and oxygen atoms in total. The molecular formula is C23H40N2O. The number of carbonyl (C=O) groups excluding carboxylic acids is 1. The van der Waals surface area contributed by atoms with E-state index >= 15 is 0 Å². The molecule has 0 aliphatic heterocycles. The first kappa shape index (κ1) is 22.7. The van der Waals surface area contributed by atoms with Crippen LogP contribution in [0.3, 0.4) is 0 Å². The van der Waals surface area contributed by atoms with Crippen LogP contribution in [0.25, 0.3) is 0 Å². The monoisotopic (exact) mass is 360 g/mol. The molecule has 0 atom stereocenters. The first-order chi connectivity index (χ1) is 12.8. The van der Waals surface area contributed by atoms with E-state index in [2.05, 4.69) is 11.1 Å². The molecule has 1 heterocycles. The van der Waals surface area contributed by atoms with Gasteiger partial charge in [-0.3, -0.25) is 9.78 Å². The van der Waals surface area contributed by atoms with Crippen molar-refractivity contribution >= 4 is 5.91 Å². The molecular weight excluding hydrogens is 320 g/mol. The Morgan fingerprint density at radius 2 is 1.19 bits per heavy atom. The highest BCUT2D eigenvalue weighted by molar-refractivity contribution is 5.73. The van der Waals surface area contributed by atoms with Crippen molar-refractivity contribution in [2.45, 2.75) is 109 Å². The van der Waals surface area contributed by atoms with E-state index in [1.54, 1.807) is 0 Å². The summed E-state index contributed by atoms with van der Waals surface area (Å²) in [5.74, 6) is -0.158. The summed E-state index contributed by atoms with van der Waals surface area (Å²) in [4.78, 5) is 14.8. The number of aryl methyl sites for hydroxylation is 1. The Labute approximate surface area is 161 Å². The molecule has 0 aromatic carbocycles. The molecule has 3 heteroatoms. The van der Waals surface area contributed by atoms with Gasteiger partial charge in [-0.15, -0.1) is 0 Å². The van der Waals surface area contributed by atoms with Crippen LogP contribution in [0.4, 0.5) is 0 Å². The van der Waals surface area contributed by atoms with Gasteiger partial charge in [-0.1, -0.05) is 89.5 Å². The number of nitrogens with two attached hydrogens (primary N) is 1. The first-order valence-corrected chi connectivity index (χ1v) is 11.0. The average molecular weight is 361 g/mol. The van der Waals surface area contributed by atoms with Crippen LogP contribution >= 0.6 is 0 Å². The summed E-state index contributed by atoms with van der Waals surface area (Å²) in [6.07, 6.45) is 25.5. The van der Waals surface area contributed by atoms with E-state index in [0.717, 1.165) is 12.8 Å². The molecule has 1 rings (SSSR count). The van der Waals surface area contributed by atoms with Gasteiger partial charge in [0, 0.05) is 18.8 Å². The molecule has 0 aliphatic rings. The minimum absolute atomic E-state index is 0.158. The van der Waals surface area contributed by atoms with Gasteiger partial charge in [-0.05, 0) is 30.9 Å². The van der Waals surface area contributed by atoms with Crippen LogP contribution < -0.4 is 5.73 Å². The van der Waals surface area contributed by atoms with Crippen molar-refractivity contribution in [1.29, 1.82) is 0 Å². The van der Waals surface area contributed by atoms with E-state index in [4.69, 9.17) is 5.73 Å². The van der Waals surface area contributed by atoms with Crippen LogP contribution in [0.5, 0.6) is 0 Å². The Bertz CT molecular complexity index is 433. The van der Waals surface area contributed by atoms with Gasteiger partial charge >= 0.3 is 0 Å². The topological polar surface area (TPSA) is 56.0 Å². The second kappa shape index (κ2) is 17.1. The van der Waals surface area contributed by atoms with Gasteiger partial charge in [-0.2, -0.15) is 0 Å². The van der Waals surface area contributed by atoms with Crippen molar-refractivity contribution in [2.75, 3.05) is 0 Å². The summed E-state index contributed by atoms with van der Waals surface area (Å²) in [6, 6.07) is 4.21. The van der Waals surface area contributed by atoms with Gasteiger partial charge in [0.2, 0.25) is 5.91 Å². The molecule has 0 bridgehead atoms. The van der Waals surface area contributed by atoms with E-state index in [1.165, 1.54) is 95.5 Å². The summed E-state index contributed by atoms with van der Waals surface area (Å²) < 4.78 is 0. The number of aromatic nitrogens is 1. The van der Waals surface area contributed by atoms with Crippen molar-refractivity contribution in [3.05, 3.63) is 30.1 Å². The number of unbranched alkanes of at least 4 members (excludes halogenated alkanes) is 14. The van der Waals surface area contributed by atoms with Crippen molar-refractivity contribution < 1.29 is 4.79 Å². The summed E-state index contributed by atoms with van der Waals surface area (Å²) in [7, 11) is 0. The predicted octanol–water partition coefficient (Wildman–Crippen LogP) is 6.35. The number of rotatable bonds is 18. The quantitative estimate of drug-likeness (QED) is 0.310. The number of hydrogen-bond acceptors (Lipinski definition) is 2. The molecule has 148 valence electrons. The maximum Gasteiger partial charge on any atom is 0.217 e. The van der Waals surface area contributed by atoms with Crippen LogP contribution in [0.15, 0.2) is 24.5 Å². The Balaban J connectivity index is 1.70. The summed E-state index contributed by atoms with van der Waals surface area (Å²) in [5.41, 5.74) is 6.51. The molecule has 1 aromatic rings. The smallest absolute Gasteiger partial charge is 0.217 e. The Morgan fingerprint density at radius 1 is 0.731 bits per heavy atom. The highest BCUT2D eigenvalue weighted by Gasteiger charge is 1.97. The Hall–Kier alpha value is -1.38. The van der Waals surface area contributed by atoms with Crippen molar-refractivity contribution in [3.63, 3.8) is 0 Å². The summed E-state index contributed by atoms with van der Waals surface area (Å²) >= 11 is 0. The van der Waals surface area contributed by atoms with Crippen molar-refractivity contribution in [2.24, 2.45) is 5.73 Å². The van der Waals surface area contributed by atoms with Gasteiger partial charge < -0.3 is 5.73 Å². The van der Waals surface area contributed by atoms with E-state index < -0.39 is 0 Å². The number of pyridine rings is 1. The molecule has 0 spiro atoms. The van der Waals surface area contributed by atoms with Crippen molar-refractivity contribution in [3.8, 4) is 0 Å². The highest BCUT2D eigenvalue weighted by atomic mass is 16.1. The maximum atomic E-state index is 10.6. The lowest BCUT2D eigenvalue weighted by molar-refractivity contribution is -0.118. The number of primary amides is 1. The van der Waals surface area contributed by atoms with Crippen LogP contribution in [0, 0.1) is 0 Å². The average Bonchev–Trinajstić information content (AvgIpc) is 2.65. The number of amides is 1. The molecule has 0 fully saturated rings. The second-order valence-electron chi connectivity index (χ2n) is 7.63. The molecule has 0 aliphatic carbocycles. The van der Waals surface area contributed by atoms with Crippen molar-refractivity contribution in [1.82, 2.24) is 4.98 Å². The zero-order chi connectivity index (χ0) is 18.7. The summed E-state index contributed by atoms with van der Waals surface area (Å²) in [6.45, 7) is 0. The van der Waals surface area contributed by atoms with Crippen LogP contribution in [-0.2, 0) is 11.2 Å². The molecule has 0 unspecified atom stereocenters. The van der Waals surface area contributed by atoms with Gasteiger partial charge in [0.1, 0.15) is 0 Å². The molecule has 1 amide bonds. The molecule has 0 saturated carbocycles. The lowest BCUT2D eigenvalue weighted by Crippen LogP contribution is -2.09. The van der Waals surface area contributed by atoms with E-state index in [9.17, 15) is 4.79 Å². The fourth-order valence-corrected chi connectivity index (χ4v) is 3.47. The normalized spacial score (nSPS) is 10.9. The van der Waals surface area contributed by atoms with Gasteiger partial charge in [0.15, 0.2) is 0 Å². The SMILES string of the molecule is NC(=O)CCCCCCCCCCCCCCCCCc1cccnc1. The van der Waals surface area contributed by atoms with E-state index in [-0.39, 0.29) is 5.91 Å². The second-order valence-corrected chi connectivity index (χ2v) is 7.63.